The lowest BCUT2D eigenvalue weighted by molar-refractivity contribution is 0.102. The van der Waals surface area contributed by atoms with Gasteiger partial charge in [-0.2, -0.15) is 5.10 Å². The molecule has 1 amide bonds. The van der Waals surface area contributed by atoms with Crippen molar-refractivity contribution in [2.24, 2.45) is 0 Å². The van der Waals surface area contributed by atoms with Crippen molar-refractivity contribution in [3.63, 3.8) is 0 Å². The summed E-state index contributed by atoms with van der Waals surface area (Å²) in [5.41, 5.74) is 0.971. The highest BCUT2D eigenvalue weighted by atomic mass is 16.2. The molecule has 0 fully saturated rings. The van der Waals surface area contributed by atoms with E-state index in [1.54, 1.807) is 10.7 Å². The Morgan fingerprint density at radius 3 is 3.08 bits per heavy atom. The summed E-state index contributed by atoms with van der Waals surface area (Å²) < 4.78 is 1.78. The number of pyridine rings is 1. The molecular formula is C16H22N6O2. The number of anilines is 2. The smallest absolute Gasteiger partial charge is 0.257 e. The number of hydrogen-bond donors (Lipinski definition) is 3. The second-order valence-electron chi connectivity index (χ2n) is 6.15. The van der Waals surface area contributed by atoms with Gasteiger partial charge < -0.3 is 20.5 Å². The van der Waals surface area contributed by atoms with E-state index < -0.39 is 0 Å². The summed E-state index contributed by atoms with van der Waals surface area (Å²) in [5.74, 6) is 0.825. The van der Waals surface area contributed by atoms with Gasteiger partial charge in [-0.1, -0.05) is 0 Å². The third-order valence-electron chi connectivity index (χ3n) is 3.96. The molecule has 0 spiro atoms. The highest BCUT2D eigenvalue weighted by molar-refractivity contribution is 6.05. The number of likely N-dealkylation sites (N-methyl/N-ethyl adjacent to an activating group) is 1. The van der Waals surface area contributed by atoms with Crippen LogP contribution in [0.15, 0.2) is 23.1 Å². The molecule has 0 unspecified atom stereocenters. The Kier molecular flexibility index (Phi) is 4.66. The number of carbonyl (C=O) groups is 1. The van der Waals surface area contributed by atoms with E-state index in [4.69, 9.17) is 0 Å². The van der Waals surface area contributed by atoms with Crippen LogP contribution >= 0.6 is 0 Å². The van der Waals surface area contributed by atoms with E-state index in [1.165, 1.54) is 6.07 Å². The van der Waals surface area contributed by atoms with Gasteiger partial charge >= 0.3 is 0 Å². The first-order valence-electron chi connectivity index (χ1n) is 8.02. The zero-order valence-electron chi connectivity index (χ0n) is 13.9. The lowest BCUT2D eigenvalue weighted by Gasteiger charge is -2.19. The highest BCUT2D eigenvalue weighted by Gasteiger charge is 2.20. The molecule has 3 heterocycles. The summed E-state index contributed by atoms with van der Waals surface area (Å²) in [6, 6.07) is 3.11. The predicted molar refractivity (Wildman–Crippen MR) is 92.6 cm³/mol. The molecule has 0 saturated carbocycles. The van der Waals surface area contributed by atoms with Crippen LogP contribution in [0.2, 0.25) is 0 Å². The number of nitrogens with one attached hydrogen (secondary N) is 3. The molecule has 1 aliphatic heterocycles. The fourth-order valence-electron chi connectivity index (χ4n) is 2.72. The molecule has 128 valence electrons. The molecular weight excluding hydrogens is 308 g/mol. The molecule has 8 heteroatoms. The molecule has 1 aliphatic rings. The van der Waals surface area contributed by atoms with Crippen molar-refractivity contribution >= 4 is 17.5 Å². The Balaban J connectivity index is 1.76. The van der Waals surface area contributed by atoms with E-state index >= 15 is 0 Å². The molecule has 0 aromatic carbocycles. The van der Waals surface area contributed by atoms with Gasteiger partial charge in [-0.25, -0.2) is 0 Å². The number of hydrogen-bond acceptors (Lipinski definition) is 5. The number of amides is 1. The first-order valence-corrected chi connectivity index (χ1v) is 8.02. The van der Waals surface area contributed by atoms with Crippen LogP contribution in [0, 0.1) is 0 Å². The Morgan fingerprint density at radius 2 is 2.29 bits per heavy atom. The van der Waals surface area contributed by atoms with Crippen molar-refractivity contribution in [3.8, 4) is 0 Å². The summed E-state index contributed by atoms with van der Waals surface area (Å²) in [7, 11) is 3.99. The highest BCUT2D eigenvalue weighted by Crippen LogP contribution is 2.22. The molecule has 2 aromatic heterocycles. The van der Waals surface area contributed by atoms with E-state index in [1.807, 2.05) is 20.3 Å². The van der Waals surface area contributed by atoms with Gasteiger partial charge in [-0.3, -0.25) is 14.3 Å². The van der Waals surface area contributed by atoms with Crippen LogP contribution in [0.5, 0.6) is 0 Å². The van der Waals surface area contributed by atoms with Crippen LogP contribution in [0.3, 0.4) is 0 Å². The second-order valence-corrected chi connectivity index (χ2v) is 6.15. The third-order valence-corrected chi connectivity index (χ3v) is 3.96. The minimum absolute atomic E-state index is 0.287. The number of nitrogens with zero attached hydrogens (tertiary/aromatic N) is 3. The SMILES string of the molecule is CN(C)CCn1ccc(NC(=O)c2cc(=O)[nH]c3c2CCCN3)n1. The molecule has 0 atom stereocenters. The van der Waals surface area contributed by atoms with Gasteiger partial charge in [0.15, 0.2) is 5.82 Å². The molecule has 3 rings (SSSR count). The van der Waals surface area contributed by atoms with Gasteiger partial charge in [0.05, 0.1) is 12.1 Å². The maximum Gasteiger partial charge on any atom is 0.257 e. The minimum Gasteiger partial charge on any atom is -0.371 e. The average Bonchev–Trinajstić information content (AvgIpc) is 2.99. The quantitative estimate of drug-likeness (QED) is 0.752. The molecule has 0 radical (unpaired) electrons. The number of aromatic amines is 1. The Morgan fingerprint density at radius 1 is 1.46 bits per heavy atom. The van der Waals surface area contributed by atoms with Gasteiger partial charge in [-0.15, -0.1) is 0 Å². The Labute approximate surface area is 139 Å². The van der Waals surface area contributed by atoms with Crippen LogP contribution in [-0.4, -0.2) is 52.8 Å². The molecule has 24 heavy (non-hydrogen) atoms. The predicted octanol–water partition coefficient (Wildman–Crippen LogP) is 0.743. The maximum atomic E-state index is 12.6. The number of fused-ring (bicyclic) bond motifs is 1. The van der Waals surface area contributed by atoms with E-state index in [0.29, 0.717) is 17.2 Å². The molecule has 3 N–H and O–H groups in total. The largest absolute Gasteiger partial charge is 0.371 e. The number of carbonyl (C=O) groups excluding carboxylic acids is 1. The molecule has 2 aromatic rings. The van der Waals surface area contributed by atoms with E-state index in [2.05, 4.69) is 25.6 Å². The Bertz CT molecular complexity index is 792. The van der Waals surface area contributed by atoms with E-state index in [0.717, 1.165) is 38.0 Å². The van der Waals surface area contributed by atoms with Crippen LogP contribution in [-0.2, 0) is 13.0 Å². The zero-order valence-corrected chi connectivity index (χ0v) is 13.9. The third kappa shape index (κ3) is 3.65. The first-order chi connectivity index (χ1) is 11.5. The molecule has 0 bridgehead atoms. The van der Waals surface area contributed by atoms with Crippen molar-refractivity contribution < 1.29 is 4.79 Å². The summed E-state index contributed by atoms with van der Waals surface area (Å²) in [5, 5.41) is 10.3. The number of aromatic nitrogens is 3. The van der Waals surface area contributed by atoms with E-state index in [9.17, 15) is 9.59 Å². The van der Waals surface area contributed by atoms with Crippen molar-refractivity contribution in [2.75, 3.05) is 37.8 Å². The normalized spacial score (nSPS) is 13.5. The van der Waals surface area contributed by atoms with Crippen LogP contribution in [0.4, 0.5) is 11.6 Å². The monoisotopic (exact) mass is 330 g/mol. The van der Waals surface area contributed by atoms with Crippen molar-refractivity contribution in [3.05, 3.63) is 39.8 Å². The minimum atomic E-state index is -0.307. The lowest BCUT2D eigenvalue weighted by Crippen LogP contribution is -2.25. The van der Waals surface area contributed by atoms with Crippen molar-refractivity contribution in [1.82, 2.24) is 19.7 Å². The molecule has 0 aliphatic carbocycles. The number of rotatable bonds is 5. The summed E-state index contributed by atoms with van der Waals surface area (Å²) in [6.45, 7) is 2.40. The fourth-order valence-corrected chi connectivity index (χ4v) is 2.72. The summed E-state index contributed by atoms with van der Waals surface area (Å²) in [6.07, 6.45) is 3.52. The fraction of sp³-hybridized carbons (Fsp3) is 0.438. The maximum absolute atomic E-state index is 12.6. The topological polar surface area (TPSA) is 95.0 Å². The second kappa shape index (κ2) is 6.88. The van der Waals surface area contributed by atoms with Crippen LogP contribution < -0.4 is 16.2 Å². The van der Waals surface area contributed by atoms with Crippen molar-refractivity contribution in [1.29, 1.82) is 0 Å². The van der Waals surface area contributed by atoms with Gasteiger partial charge in [0.1, 0.15) is 5.82 Å². The van der Waals surface area contributed by atoms with Crippen LogP contribution in [0.25, 0.3) is 0 Å². The summed E-state index contributed by atoms with van der Waals surface area (Å²) in [4.78, 5) is 29.1. The van der Waals surface area contributed by atoms with Gasteiger partial charge in [-0.05, 0) is 26.9 Å². The van der Waals surface area contributed by atoms with Crippen LogP contribution in [0.1, 0.15) is 22.3 Å². The molecule has 8 nitrogen and oxygen atoms in total. The van der Waals surface area contributed by atoms with Gasteiger partial charge in [0.25, 0.3) is 5.91 Å². The summed E-state index contributed by atoms with van der Waals surface area (Å²) >= 11 is 0. The number of H-pyrrole nitrogens is 1. The zero-order chi connectivity index (χ0) is 17.1. The van der Waals surface area contributed by atoms with Crippen molar-refractivity contribution in [2.45, 2.75) is 19.4 Å². The van der Waals surface area contributed by atoms with Gasteiger partial charge in [0.2, 0.25) is 5.56 Å². The first kappa shape index (κ1) is 16.3. The molecule has 0 saturated heterocycles. The van der Waals surface area contributed by atoms with E-state index in [-0.39, 0.29) is 11.5 Å². The average molecular weight is 330 g/mol. The van der Waals surface area contributed by atoms with Gasteiger partial charge in [0, 0.05) is 37.0 Å². The Hall–Kier alpha value is -2.61. The standard InChI is InChI=1S/C16H22N6O2/c1-21(2)8-9-22-7-5-13(20-22)18-16(24)12-10-14(23)19-15-11(12)4-3-6-17-15/h5,7,10H,3-4,6,8-9H2,1-2H3,(H2,17,19,23)(H,18,20,24). The lowest BCUT2D eigenvalue weighted by atomic mass is 10.0.